The second-order valence-corrected chi connectivity index (χ2v) is 5.98. The first-order chi connectivity index (χ1) is 13.1. The summed E-state index contributed by atoms with van der Waals surface area (Å²) in [7, 11) is 1.63. The van der Waals surface area contributed by atoms with Crippen LogP contribution < -0.4 is 10.3 Å². The van der Waals surface area contributed by atoms with E-state index in [2.05, 4.69) is 4.98 Å². The number of rotatable bonds is 3. The van der Waals surface area contributed by atoms with E-state index < -0.39 is 5.56 Å². The van der Waals surface area contributed by atoms with Crippen molar-refractivity contribution in [1.29, 1.82) is 5.26 Å². The topological polar surface area (TPSA) is 91.0 Å². The molecule has 0 spiro atoms. The summed E-state index contributed by atoms with van der Waals surface area (Å²) in [5, 5.41) is 19.5. The highest BCUT2D eigenvalue weighted by Gasteiger charge is 2.16. The largest absolute Gasteiger partial charge is 0.504 e. The third-order valence-electron chi connectivity index (χ3n) is 4.50. The smallest absolute Gasteiger partial charge is 0.270 e. The molecule has 0 bridgehead atoms. The molecule has 0 aliphatic carbocycles. The van der Waals surface area contributed by atoms with Gasteiger partial charge in [-0.15, -0.1) is 0 Å². The lowest BCUT2D eigenvalue weighted by molar-refractivity contribution is 0.416. The number of H-pyrrole nitrogens is 1. The molecule has 4 rings (SSSR count). The normalized spacial score (nSPS) is 10.7. The zero-order valence-electron chi connectivity index (χ0n) is 14.4. The molecule has 0 amide bonds. The van der Waals surface area contributed by atoms with Crippen LogP contribution in [0.15, 0.2) is 65.6 Å². The Morgan fingerprint density at radius 3 is 2.56 bits per heavy atom. The van der Waals surface area contributed by atoms with Crippen LogP contribution >= 0.6 is 0 Å². The van der Waals surface area contributed by atoms with Gasteiger partial charge in [0.1, 0.15) is 17.3 Å². The number of para-hydroxylation sites is 1. The number of aromatic hydroxyl groups is 1. The van der Waals surface area contributed by atoms with Gasteiger partial charge in [-0.25, -0.2) is 0 Å². The fraction of sp³-hybridized carbons (Fsp3) is 0.0476. The minimum absolute atomic E-state index is 0.298. The van der Waals surface area contributed by atoms with Crippen molar-refractivity contribution in [1.82, 2.24) is 9.55 Å². The Bertz CT molecular complexity index is 1240. The van der Waals surface area contributed by atoms with Gasteiger partial charge in [-0.3, -0.25) is 4.79 Å². The molecule has 2 aromatic carbocycles. The fourth-order valence-electron chi connectivity index (χ4n) is 3.19. The quantitative estimate of drug-likeness (QED) is 0.586. The van der Waals surface area contributed by atoms with E-state index in [1.165, 1.54) is 0 Å². The standard InChI is InChI=1S/C21H15N3O3/c1-27-18-5-3-2-4-15(18)13-6-8-14(9-7-13)24-11-10-17-19(24)20(25)16(12-22)21(26)23-17/h2-11H,1H3,(H2,23,25,26). The Kier molecular flexibility index (Phi) is 3.90. The number of aromatic nitrogens is 2. The van der Waals surface area contributed by atoms with E-state index in [1.807, 2.05) is 48.5 Å². The number of nitrogens with zero attached hydrogens (tertiary/aromatic N) is 2. The van der Waals surface area contributed by atoms with E-state index >= 15 is 0 Å². The minimum atomic E-state index is -0.605. The van der Waals surface area contributed by atoms with Gasteiger partial charge in [0.2, 0.25) is 0 Å². The lowest BCUT2D eigenvalue weighted by Gasteiger charge is -2.11. The number of fused-ring (bicyclic) bond motifs is 1. The van der Waals surface area contributed by atoms with Crippen LogP contribution in [-0.2, 0) is 0 Å². The molecule has 6 heteroatoms. The van der Waals surface area contributed by atoms with Crippen molar-refractivity contribution >= 4 is 11.0 Å². The summed E-state index contributed by atoms with van der Waals surface area (Å²) >= 11 is 0. The zero-order valence-corrected chi connectivity index (χ0v) is 14.4. The number of hydrogen-bond acceptors (Lipinski definition) is 4. The number of methoxy groups -OCH3 is 1. The molecule has 0 radical (unpaired) electrons. The van der Waals surface area contributed by atoms with Crippen LogP contribution in [0.3, 0.4) is 0 Å². The first-order valence-corrected chi connectivity index (χ1v) is 8.24. The second kappa shape index (κ2) is 6.39. The van der Waals surface area contributed by atoms with Gasteiger partial charge in [0.05, 0.1) is 12.6 Å². The SMILES string of the molecule is COc1ccccc1-c1ccc(-n2ccc3[nH]c(=O)c(C#N)c(O)c32)cc1. The Labute approximate surface area is 154 Å². The average Bonchev–Trinajstić information content (AvgIpc) is 3.12. The molecule has 0 atom stereocenters. The number of nitriles is 1. The van der Waals surface area contributed by atoms with Crippen molar-refractivity contribution in [2.75, 3.05) is 7.11 Å². The number of benzene rings is 2. The number of ether oxygens (including phenoxy) is 1. The van der Waals surface area contributed by atoms with E-state index in [0.717, 1.165) is 22.6 Å². The number of nitrogens with one attached hydrogen (secondary N) is 1. The second-order valence-electron chi connectivity index (χ2n) is 5.98. The van der Waals surface area contributed by atoms with E-state index in [0.29, 0.717) is 11.0 Å². The molecule has 0 unspecified atom stereocenters. The van der Waals surface area contributed by atoms with Gasteiger partial charge >= 0.3 is 0 Å². The molecule has 27 heavy (non-hydrogen) atoms. The first-order valence-electron chi connectivity index (χ1n) is 8.24. The summed E-state index contributed by atoms with van der Waals surface area (Å²) < 4.78 is 7.14. The molecular weight excluding hydrogens is 342 g/mol. The van der Waals surface area contributed by atoms with Crippen LogP contribution in [0.1, 0.15) is 5.56 Å². The Hall–Kier alpha value is -3.98. The third-order valence-corrected chi connectivity index (χ3v) is 4.50. The van der Waals surface area contributed by atoms with Crippen LogP contribution in [-0.4, -0.2) is 21.8 Å². The van der Waals surface area contributed by atoms with Crippen molar-refractivity contribution in [2.45, 2.75) is 0 Å². The summed E-state index contributed by atoms with van der Waals surface area (Å²) in [4.78, 5) is 14.5. The maximum atomic E-state index is 11.8. The minimum Gasteiger partial charge on any atom is -0.504 e. The van der Waals surface area contributed by atoms with Crippen molar-refractivity contribution in [3.8, 4) is 34.4 Å². The molecular formula is C21H15N3O3. The Morgan fingerprint density at radius 1 is 1.11 bits per heavy atom. The highest BCUT2D eigenvalue weighted by atomic mass is 16.5. The van der Waals surface area contributed by atoms with Gasteiger partial charge in [0.15, 0.2) is 11.3 Å². The highest BCUT2D eigenvalue weighted by Crippen LogP contribution is 2.32. The molecule has 0 saturated carbocycles. The molecule has 2 aromatic heterocycles. The zero-order chi connectivity index (χ0) is 19.0. The van der Waals surface area contributed by atoms with Gasteiger partial charge in [0.25, 0.3) is 5.56 Å². The van der Waals surface area contributed by atoms with Crippen molar-refractivity contribution in [3.05, 3.63) is 76.7 Å². The molecule has 2 N–H and O–H groups in total. The molecule has 132 valence electrons. The molecule has 0 fully saturated rings. The number of aromatic amines is 1. The maximum absolute atomic E-state index is 11.8. The van der Waals surface area contributed by atoms with Crippen molar-refractivity contribution < 1.29 is 9.84 Å². The average molecular weight is 357 g/mol. The molecule has 4 aromatic rings. The molecule has 6 nitrogen and oxygen atoms in total. The third kappa shape index (κ3) is 2.62. The number of hydrogen-bond donors (Lipinski definition) is 2. The summed E-state index contributed by atoms with van der Waals surface area (Å²) in [5.41, 5.74) is 2.70. The maximum Gasteiger partial charge on any atom is 0.270 e. The van der Waals surface area contributed by atoms with E-state index in [1.54, 1.807) is 30.0 Å². The van der Waals surface area contributed by atoms with Crippen LogP contribution in [0.4, 0.5) is 0 Å². The monoisotopic (exact) mass is 357 g/mol. The van der Waals surface area contributed by atoms with Gasteiger partial charge < -0.3 is 19.4 Å². The summed E-state index contributed by atoms with van der Waals surface area (Å²) in [6, 6.07) is 18.9. The summed E-state index contributed by atoms with van der Waals surface area (Å²) in [6.07, 6.45) is 1.74. The van der Waals surface area contributed by atoms with Gasteiger partial charge in [0, 0.05) is 17.4 Å². The van der Waals surface area contributed by atoms with E-state index in [9.17, 15) is 9.90 Å². The van der Waals surface area contributed by atoms with E-state index in [-0.39, 0.29) is 11.3 Å². The fourth-order valence-corrected chi connectivity index (χ4v) is 3.19. The van der Waals surface area contributed by atoms with Crippen LogP contribution in [0.25, 0.3) is 27.8 Å². The molecule has 0 aliphatic rings. The van der Waals surface area contributed by atoms with Gasteiger partial charge in [-0.05, 0) is 29.8 Å². The Morgan fingerprint density at radius 2 is 1.85 bits per heavy atom. The predicted octanol–water partition coefficient (Wildman–Crippen LogP) is 3.57. The van der Waals surface area contributed by atoms with Gasteiger partial charge in [-0.1, -0.05) is 30.3 Å². The highest BCUT2D eigenvalue weighted by molar-refractivity contribution is 5.86. The van der Waals surface area contributed by atoms with Crippen molar-refractivity contribution in [2.24, 2.45) is 0 Å². The van der Waals surface area contributed by atoms with Crippen molar-refractivity contribution in [3.63, 3.8) is 0 Å². The van der Waals surface area contributed by atoms with Crippen LogP contribution in [0.5, 0.6) is 11.5 Å². The summed E-state index contributed by atoms with van der Waals surface area (Å²) in [6.45, 7) is 0. The molecule has 0 aliphatic heterocycles. The molecule has 2 heterocycles. The first kappa shape index (κ1) is 16.5. The number of pyridine rings is 1. The molecule has 0 saturated heterocycles. The van der Waals surface area contributed by atoms with Gasteiger partial charge in [-0.2, -0.15) is 5.26 Å². The Balaban J connectivity index is 1.84. The van der Waals surface area contributed by atoms with E-state index in [4.69, 9.17) is 10.00 Å². The predicted molar refractivity (Wildman–Crippen MR) is 102 cm³/mol. The lowest BCUT2D eigenvalue weighted by Crippen LogP contribution is -2.10. The lowest BCUT2D eigenvalue weighted by atomic mass is 10.0. The van der Waals surface area contributed by atoms with Crippen LogP contribution in [0, 0.1) is 11.3 Å². The van der Waals surface area contributed by atoms with Crippen LogP contribution in [0.2, 0.25) is 0 Å². The summed E-state index contributed by atoms with van der Waals surface area (Å²) in [5.74, 6) is 0.459.